The number of hydrogen-bond acceptors (Lipinski definition) is 3. The third-order valence-corrected chi connectivity index (χ3v) is 3.89. The molecule has 5 nitrogen and oxygen atoms in total. The molecule has 21 heavy (non-hydrogen) atoms. The highest BCUT2D eigenvalue weighted by Gasteiger charge is 2.36. The SMILES string of the molecule is CC(c1ccccc1)N1Cc2cccc([N+](=O)[O-])c2C1=O. The molecule has 1 amide bonds. The van der Waals surface area contributed by atoms with Gasteiger partial charge in [-0.2, -0.15) is 0 Å². The Kier molecular flexibility index (Phi) is 3.17. The number of fused-ring (bicyclic) bond motifs is 1. The lowest BCUT2D eigenvalue weighted by molar-refractivity contribution is -0.385. The number of carbonyl (C=O) groups excluding carboxylic acids is 1. The summed E-state index contributed by atoms with van der Waals surface area (Å²) in [6.07, 6.45) is 0. The first-order chi connectivity index (χ1) is 10.1. The van der Waals surface area contributed by atoms with E-state index in [1.807, 2.05) is 37.3 Å². The molecule has 0 aromatic heterocycles. The summed E-state index contributed by atoms with van der Waals surface area (Å²) in [5, 5.41) is 11.1. The van der Waals surface area contributed by atoms with E-state index in [0.29, 0.717) is 6.54 Å². The number of nitro groups is 1. The van der Waals surface area contributed by atoms with Crippen LogP contribution in [0.2, 0.25) is 0 Å². The largest absolute Gasteiger partial charge is 0.327 e. The third-order valence-electron chi connectivity index (χ3n) is 3.89. The molecular weight excluding hydrogens is 268 g/mol. The number of nitrogens with zero attached hydrogens (tertiary/aromatic N) is 2. The maximum Gasteiger partial charge on any atom is 0.282 e. The minimum atomic E-state index is -0.493. The summed E-state index contributed by atoms with van der Waals surface area (Å²) >= 11 is 0. The van der Waals surface area contributed by atoms with Gasteiger partial charge in [0.1, 0.15) is 5.56 Å². The van der Waals surface area contributed by atoms with Crippen molar-refractivity contribution >= 4 is 11.6 Å². The second-order valence-electron chi connectivity index (χ2n) is 5.09. The maximum atomic E-state index is 12.6. The number of nitro benzene ring substituents is 1. The van der Waals surface area contributed by atoms with Crippen LogP contribution >= 0.6 is 0 Å². The second-order valence-corrected chi connectivity index (χ2v) is 5.09. The van der Waals surface area contributed by atoms with Gasteiger partial charge >= 0.3 is 0 Å². The topological polar surface area (TPSA) is 63.4 Å². The van der Waals surface area contributed by atoms with E-state index in [4.69, 9.17) is 0 Å². The Bertz CT molecular complexity index is 713. The van der Waals surface area contributed by atoms with E-state index >= 15 is 0 Å². The predicted molar refractivity (Wildman–Crippen MR) is 77.8 cm³/mol. The fraction of sp³-hybridized carbons (Fsp3) is 0.188. The molecule has 2 aromatic carbocycles. The van der Waals surface area contributed by atoms with E-state index in [1.165, 1.54) is 6.07 Å². The van der Waals surface area contributed by atoms with Crippen molar-refractivity contribution in [2.45, 2.75) is 19.5 Å². The first-order valence-corrected chi connectivity index (χ1v) is 6.72. The zero-order valence-electron chi connectivity index (χ0n) is 11.5. The summed E-state index contributed by atoms with van der Waals surface area (Å²) in [4.78, 5) is 24.8. The lowest BCUT2D eigenvalue weighted by Gasteiger charge is -2.24. The van der Waals surface area contributed by atoms with Crippen LogP contribution in [0.5, 0.6) is 0 Å². The average Bonchev–Trinajstić information content (AvgIpc) is 2.84. The minimum Gasteiger partial charge on any atom is -0.327 e. The Labute approximate surface area is 122 Å². The standard InChI is InChI=1S/C16H14N2O3/c1-11(12-6-3-2-4-7-12)17-10-13-8-5-9-14(18(20)21)15(13)16(17)19/h2-9,11H,10H2,1H3. The van der Waals surface area contributed by atoms with Gasteiger partial charge in [0.2, 0.25) is 0 Å². The van der Waals surface area contributed by atoms with E-state index in [9.17, 15) is 14.9 Å². The molecule has 0 spiro atoms. The van der Waals surface area contributed by atoms with Crippen molar-refractivity contribution < 1.29 is 9.72 Å². The summed E-state index contributed by atoms with van der Waals surface area (Å²) in [7, 11) is 0. The quantitative estimate of drug-likeness (QED) is 0.641. The fourth-order valence-electron chi connectivity index (χ4n) is 2.74. The Morgan fingerprint density at radius 3 is 2.52 bits per heavy atom. The molecule has 0 bridgehead atoms. The number of carbonyl (C=O) groups is 1. The zero-order chi connectivity index (χ0) is 15.0. The molecule has 0 saturated heterocycles. The maximum absolute atomic E-state index is 12.6. The molecule has 106 valence electrons. The van der Waals surface area contributed by atoms with Crippen molar-refractivity contribution in [3.63, 3.8) is 0 Å². The minimum absolute atomic E-state index is 0.111. The van der Waals surface area contributed by atoms with Crippen LogP contribution in [0.3, 0.4) is 0 Å². The van der Waals surface area contributed by atoms with Gasteiger partial charge in [-0.25, -0.2) is 0 Å². The van der Waals surface area contributed by atoms with Gasteiger partial charge in [0.25, 0.3) is 11.6 Å². The molecule has 3 rings (SSSR count). The molecule has 1 unspecified atom stereocenters. The molecule has 0 N–H and O–H groups in total. The van der Waals surface area contributed by atoms with Crippen molar-refractivity contribution in [2.75, 3.05) is 0 Å². The Morgan fingerprint density at radius 1 is 1.14 bits per heavy atom. The smallest absolute Gasteiger partial charge is 0.282 e. The Hall–Kier alpha value is -2.69. The summed E-state index contributed by atoms with van der Waals surface area (Å²) in [5.41, 5.74) is 1.85. The van der Waals surface area contributed by atoms with Crippen LogP contribution in [0.15, 0.2) is 48.5 Å². The van der Waals surface area contributed by atoms with Gasteiger partial charge in [0.05, 0.1) is 11.0 Å². The lowest BCUT2D eigenvalue weighted by Crippen LogP contribution is -2.27. The van der Waals surface area contributed by atoms with Crippen LogP contribution in [0.25, 0.3) is 0 Å². The first-order valence-electron chi connectivity index (χ1n) is 6.72. The van der Waals surface area contributed by atoms with Crippen molar-refractivity contribution in [3.05, 3.63) is 75.3 Å². The van der Waals surface area contributed by atoms with Gasteiger partial charge in [-0.15, -0.1) is 0 Å². The van der Waals surface area contributed by atoms with Gasteiger partial charge in [-0.05, 0) is 18.1 Å². The Morgan fingerprint density at radius 2 is 1.86 bits per heavy atom. The van der Waals surface area contributed by atoms with Crippen molar-refractivity contribution in [3.8, 4) is 0 Å². The molecule has 0 aliphatic carbocycles. The van der Waals surface area contributed by atoms with Gasteiger partial charge in [0.15, 0.2) is 0 Å². The number of benzene rings is 2. The fourth-order valence-corrected chi connectivity index (χ4v) is 2.74. The highest BCUT2D eigenvalue weighted by atomic mass is 16.6. The molecule has 1 atom stereocenters. The summed E-state index contributed by atoms with van der Waals surface area (Å²) in [5.74, 6) is -0.270. The normalized spacial score (nSPS) is 14.9. The summed E-state index contributed by atoms with van der Waals surface area (Å²) in [6, 6.07) is 14.3. The van der Waals surface area contributed by atoms with Gasteiger partial charge in [-0.1, -0.05) is 42.5 Å². The van der Waals surface area contributed by atoms with Crippen molar-refractivity contribution in [1.29, 1.82) is 0 Å². The van der Waals surface area contributed by atoms with Crippen LogP contribution in [-0.2, 0) is 6.54 Å². The number of amides is 1. The van der Waals surface area contributed by atoms with E-state index in [-0.39, 0.29) is 23.2 Å². The van der Waals surface area contributed by atoms with Crippen LogP contribution in [-0.4, -0.2) is 15.7 Å². The van der Waals surface area contributed by atoms with Crippen LogP contribution in [0, 0.1) is 10.1 Å². The molecule has 1 aliphatic heterocycles. The molecule has 1 heterocycles. The van der Waals surface area contributed by atoms with Crippen LogP contribution in [0.4, 0.5) is 5.69 Å². The molecule has 1 aliphatic rings. The lowest BCUT2D eigenvalue weighted by atomic mass is 10.1. The predicted octanol–water partition coefficient (Wildman–Crippen LogP) is 3.31. The van der Waals surface area contributed by atoms with Crippen molar-refractivity contribution in [1.82, 2.24) is 4.90 Å². The highest BCUT2D eigenvalue weighted by Crippen LogP contribution is 2.35. The van der Waals surface area contributed by atoms with Crippen LogP contribution < -0.4 is 0 Å². The third kappa shape index (κ3) is 2.16. The van der Waals surface area contributed by atoms with E-state index in [2.05, 4.69) is 0 Å². The van der Waals surface area contributed by atoms with Gasteiger partial charge in [0, 0.05) is 12.6 Å². The molecule has 2 aromatic rings. The molecule has 0 saturated carbocycles. The average molecular weight is 282 g/mol. The summed E-state index contributed by atoms with van der Waals surface area (Å²) < 4.78 is 0. The molecule has 0 fully saturated rings. The zero-order valence-corrected chi connectivity index (χ0v) is 11.5. The van der Waals surface area contributed by atoms with Gasteiger partial charge < -0.3 is 4.90 Å². The second kappa shape index (κ2) is 5.01. The molecule has 5 heteroatoms. The highest BCUT2D eigenvalue weighted by molar-refractivity contribution is 6.02. The summed E-state index contributed by atoms with van der Waals surface area (Å²) in [6.45, 7) is 2.34. The number of hydrogen-bond donors (Lipinski definition) is 0. The van der Waals surface area contributed by atoms with E-state index in [1.54, 1.807) is 17.0 Å². The molecule has 0 radical (unpaired) electrons. The number of rotatable bonds is 3. The monoisotopic (exact) mass is 282 g/mol. The van der Waals surface area contributed by atoms with Crippen LogP contribution in [0.1, 0.15) is 34.5 Å². The first kappa shape index (κ1) is 13.3. The van der Waals surface area contributed by atoms with E-state index < -0.39 is 4.92 Å². The molecular formula is C16H14N2O3. The van der Waals surface area contributed by atoms with E-state index in [0.717, 1.165) is 11.1 Å². The van der Waals surface area contributed by atoms with Crippen molar-refractivity contribution in [2.24, 2.45) is 0 Å². The van der Waals surface area contributed by atoms with Gasteiger partial charge in [-0.3, -0.25) is 14.9 Å². The Balaban J connectivity index is 1.98.